The summed E-state index contributed by atoms with van der Waals surface area (Å²) in [6.07, 6.45) is 4.16. The van der Waals surface area contributed by atoms with Crippen molar-refractivity contribution in [1.29, 1.82) is 0 Å². The molecular weight excluding hydrogens is 506 g/mol. The highest BCUT2D eigenvalue weighted by atomic mass is 19.3. The Hall–Kier alpha value is -4.23. The molecule has 0 radical (unpaired) electrons. The van der Waals surface area contributed by atoms with Crippen LogP contribution in [-0.4, -0.2) is 52.3 Å². The summed E-state index contributed by atoms with van der Waals surface area (Å²) in [5.41, 5.74) is 6.50. The maximum absolute atomic E-state index is 14.0. The van der Waals surface area contributed by atoms with E-state index >= 15 is 0 Å². The van der Waals surface area contributed by atoms with Crippen molar-refractivity contribution in [2.24, 2.45) is 5.92 Å². The van der Waals surface area contributed by atoms with E-state index in [4.69, 9.17) is 5.73 Å². The predicted molar refractivity (Wildman–Crippen MR) is 126 cm³/mol. The molecule has 10 nitrogen and oxygen atoms in total. The number of rotatable bonds is 7. The van der Waals surface area contributed by atoms with Gasteiger partial charge in [-0.05, 0) is 37.3 Å². The molecule has 1 fully saturated rings. The van der Waals surface area contributed by atoms with Gasteiger partial charge in [-0.3, -0.25) is 9.78 Å². The van der Waals surface area contributed by atoms with Crippen LogP contribution in [0.2, 0.25) is 0 Å². The number of nitrogens with one attached hydrogen (secondary N) is 1. The summed E-state index contributed by atoms with van der Waals surface area (Å²) in [6.45, 7) is 0.172. The normalized spacial score (nSPS) is 19.6. The number of carbonyl (C=O) groups excluding carboxylic acids is 1. The molecular formula is C24H21F4N9O. The molecule has 14 heteroatoms. The molecule has 1 amide bonds. The molecule has 0 aromatic carbocycles. The van der Waals surface area contributed by atoms with Crippen LogP contribution in [0.4, 0.5) is 29.2 Å². The number of pyridine rings is 1. The van der Waals surface area contributed by atoms with Crippen LogP contribution in [0.5, 0.6) is 0 Å². The summed E-state index contributed by atoms with van der Waals surface area (Å²) >= 11 is 0. The number of aryl methyl sites for hydroxylation is 1. The van der Waals surface area contributed by atoms with Gasteiger partial charge in [-0.25, -0.2) is 33.2 Å². The van der Waals surface area contributed by atoms with Crippen molar-refractivity contribution in [2.75, 3.05) is 11.1 Å². The van der Waals surface area contributed by atoms with Gasteiger partial charge in [0, 0.05) is 19.5 Å². The lowest BCUT2D eigenvalue weighted by atomic mass is 9.74. The van der Waals surface area contributed by atoms with Crippen LogP contribution >= 0.6 is 0 Å². The SMILES string of the molecule is CC(F)(F)C(F)(F)CCc1nc(-c2nc(N)c3c(n2)NC(=O)C3(c2ccccn2)C2CC2)cn2ncnc12. The van der Waals surface area contributed by atoms with E-state index in [1.54, 1.807) is 24.4 Å². The third kappa shape index (κ3) is 3.57. The van der Waals surface area contributed by atoms with Gasteiger partial charge in [0.05, 0.1) is 23.1 Å². The second-order valence-electron chi connectivity index (χ2n) is 9.60. The van der Waals surface area contributed by atoms with Crippen LogP contribution in [0, 0.1) is 5.92 Å². The van der Waals surface area contributed by atoms with Crippen LogP contribution in [-0.2, 0) is 16.6 Å². The van der Waals surface area contributed by atoms with Crippen molar-refractivity contribution in [2.45, 2.75) is 49.9 Å². The molecule has 1 unspecified atom stereocenters. The predicted octanol–water partition coefficient (Wildman–Crippen LogP) is 3.43. The quantitative estimate of drug-likeness (QED) is 0.349. The molecule has 3 N–H and O–H groups in total. The zero-order chi connectivity index (χ0) is 26.9. The second kappa shape index (κ2) is 8.13. The van der Waals surface area contributed by atoms with E-state index in [1.165, 1.54) is 17.0 Å². The maximum Gasteiger partial charge on any atom is 0.310 e. The van der Waals surface area contributed by atoms with Gasteiger partial charge in [-0.1, -0.05) is 6.07 Å². The van der Waals surface area contributed by atoms with Gasteiger partial charge in [-0.2, -0.15) is 13.9 Å². The minimum atomic E-state index is -4.25. The summed E-state index contributed by atoms with van der Waals surface area (Å²) in [5.74, 6) is -8.54. The lowest BCUT2D eigenvalue weighted by Gasteiger charge is -2.27. The van der Waals surface area contributed by atoms with Crippen molar-refractivity contribution in [3.05, 3.63) is 53.9 Å². The molecule has 6 rings (SSSR count). The average molecular weight is 527 g/mol. The van der Waals surface area contributed by atoms with Crippen LogP contribution in [0.25, 0.3) is 17.2 Å². The highest BCUT2D eigenvalue weighted by Gasteiger charge is 2.60. The molecule has 1 aliphatic carbocycles. The number of carbonyl (C=O) groups is 1. The van der Waals surface area contributed by atoms with Gasteiger partial charge >= 0.3 is 11.8 Å². The van der Waals surface area contributed by atoms with Crippen LogP contribution in [0.1, 0.15) is 43.1 Å². The number of nitrogens with two attached hydrogens (primary N) is 1. The highest BCUT2D eigenvalue weighted by Crippen LogP contribution is 2.57. The summed E-state index contributed by atoms with van der Waals surface area (Å²) in [6, 6.07) is 5.31. The Morgan fingerprint density at radius 1 is 1.16 bits per heavy atom. The van der Waals surface area contributed by atoms with Gasteiger partial charge in [-0.15, -0.1) is 0 Å². The Morgan fingerprint density at radius 2 is 1.95 bits per heavy atom. The summed E-state index contributed by atoms with van der Waals surface area (Å²) in [5, 5.41) is 6.84. The van der Waals surface area contributed by atoms with Crippen molar-refractivity contribution in [1.82, 2.24) is 34.5 Å². The lowest BCUT2D eigenvalue weighted by molar-refractivity contribution is -0.200. The molecule has 0 spiro atoms. The summed E-state index contributed by atoms with van der Waals surface area (Å²) in [7, 11) is 0. The van der Waals surface area contributed by atoms with E-state index < -0.39 is 30.1 Å². The molecule has 1 atom stereocenters. The fraction of sp³-hybridized carbons (Fsp3) is 0.375. The van der Waals surface area contributed by atoms with E-state index in [0.29, 0.717) is 11.3 Å². The zero-order valence-electron chi connectivity index (χ0n) is 20.0. The standard InChI is InChI=1S/C24H21F4N9O/c1-22(25,26)23(27,28)8-7-13-20-31-11-32-37(20)10-14(33-13)18-34-17(29)16-19(35-18)36-21(38)24(16,12-5-6-12)15-4-2-3-9-30-15/h2-4,9-12H,5-8H2,1H3,(H3,29,34,35,36,38). The number of halogens is 4. The monoisotopic (exact) mass is 527 g/mol. The number of hydrogen-bond donors (Lipinski definition) is 2. The summed E-state index contributed by atoms with van der Waals surface area (Å²) in [4.78, 5) is 35.2. The maximum atomic E-state index is 14.0. The first-order valence-electron chi connectivity index (χ1n) is 11.9. The van der Waals surface area contributed by atoms with E-state index in [2.05, 4.69) is 35.3 Å². The molecule has 4 aromatic heterocycles. The fourth-order valence-corrected chi connectivity index (χ4v) is 5.01. The van der Waals surface area contributed by atoms with E-state index in [9.17, 15) is 22.4 Å². The highest BCUT2D eigenvalue weighted by molar-refractivity contribution is 6.09. The molecule has 4 aromatic rings. The molecule has 38 heavy (non-hydrogen) atoms. The Labute approximate surface area is 212 Å². The van der Waals surface area contributed by atoms with Gasteiger partial charge in [0.1, 0.15) is 29.1 Å². The number of hydrogen-bond acceptors (Lipinski definition) is 8. The largest absolute Gasteiger partial charge is 0.383 e. The minimum absolute atomic E-state index is 0.000370. The first kappa shape index (κ1) is 24.1. The number of nitrogens with zero attached hydrogens (tertiary/aromatic N) is 7. The molecule has 2 aliphatic rings. The molecule has 1 aliphatic heterocycles. The van der Waals surface area contributed by atoms with Crippen LogP contribution in [0.15, 0.2) is 36.9 Å². The number of amides is 1. The topological polar surface area (TPSA) is 137 Å². The van der Waals surface area contributed by atoms with Crippen molar-refractivity contribution < 1.29 is 22.4 Å². The molecule has 196 valence electrons. The zero-order valence-corrected chi connectivity index (χ0v) is 20.0. The molecule has 5 heterocycles. The Kier molecular flexibility index (Phi) is 5.16. The third-order valence-corrected chi connectivity index (χ3v) is 7.06. The van der Waals surface area contributed by atoms with Crippen LogP contribution < -0.4 is 11.1 Å². The Balaban J connectivity index is 1.44. The Bertz CT molecular complexity index is 1570. The van der Waals surface area contributed by atoms with Crippen molar-refractivity contribution in [3.63, 3.8) is 0 Å². The molecule has 0 bridgehead atoms. The first-order valence-corrected chi connectivity index (χ1v) is 11.9. The summed E-state index contributed by atoms with van der Waals surface area (Å²) < 4.78 is 56.0. The molecule has 0 saturated heterocycles. The third-order valence-electron chi connectivity index (χ3n) is 7.06. The number of aromatic nitrogens is 7. The number of nitrogen functional groups attached to an aromatic ring is 1. The lowest BCUT2D eigenvalue weighted by Crippen LogP contribution is -2.39. The minimum Gasteiger partial charge on any atom is -0.383 e. The average Bonchev–Trinajstić information content (AvgIpc) is 3.52. The first-order chi connectivity index (χ1) is 18.0. The van der Waals surface area contributed by atoms with Gasteiger partial charge < -0.3 is 11.1 Å². The van der Waals surface area contributed by atoms with E-state index in [-0.39, 0.29) is 53.2 Å². The van der Waals surface area contributed by atoms with Crippen molar-refractivity contribution >= 4 is 23.2 Å². The number of alkyl halides is 4. The van der Waals surface area contributed by atoms with Crippen LogP contribution in [0.3, 0.4) is 0 Å². The van der Waals surface area contributed by atoms with Gasteiger partial charge in [0.15, 0.2) is 11.5 Å². The number of anilines is 2. The van der Waals surface area contributed by atoms with Crippen molar-refractivity contribution in [3.8, 4) is 11.5 Å². The smallest absolute Gasteiger partial charge is 0.310 e. The second-order valence-corrected chi connectivity index (χ2v) is 9.60. The molecule has 1 saturated carbocycles. The van der Waals surface area contributed by atoms with Gasteiger partial charge in [0.2, 0.25) is 5.91 Å². The number of fused-ring (bicyclic) bond motifs is 2. The Morgan fingerprint density at radius 3 is 2.63 bits per heavy atom. The fourth-order valence-electron chi connectivity index (χ4n) is 5.01. The van der Waals surface area contributed by atoms with E-state index in [1.807, 2.05) is 0 Å². The van der Waals surface area contributed by atoms with E-state index in [0.717, 1.165) is 12.8 Å². The van der Waals surface area contributed by atoms with Gasteiger partial charge in [0.25, 0.3) is 0 Å².